The molecule has 0 saturated heterocycles. The maximum Gasteiger partial charge on any atom is 0.123 e. The monoisotopic (exact) mass is 311 g/mol. The number of nitrogens with one attached hydrogen (secondary N) is 1. The lowest BCUT2D eigenvalue weighted by atomic mass is 10.1. The van der Waals surface area contributed by atoms with E-state index in [1.165, 1.54) is 6.07 Å². The van der Waals surface area contributed by atoms with Gasteiger partial charge >= 0.3 is 0 Å². The van der Waals surface area contributed by atoms with Gasteiger partial charge in [-0.05, 0) is 60.8 Å². The largest absolute Gasteiger partial charge is 0.312 e. The van der Waals surface area contributed by atoms with Crippen LogP contribution in [0.25, 0.3) is 0 Å². The van der Waals surface area contributed by atoms with E-state index in [0.29, 0.717) is 10.0 Å². The summed E-state index contributed by atoms with van der Waals surface area (Å²) in [6.45, 7) is 3.44. The summed E-state index contributed by atoms with van der Waals surface area (Å²) in [7, 11) is 0. The van der Waals surface area contributed by atoms with Gasteiger partial charge in [-0.1, -0.05) is 35.3 Å². The van der Waals surface area contributed by atoms with E-state index < -0.39 is 0 Å². The van der Waals surface area contributed by atoms with Crippen LogP contribution in [0, 0.1) is 12.7 Å². The van der Waals surface area contributed by atoms with Crippen molar-refractivity contribution in [3.8, 4) is 0 Å². The van der Waals surface area contributed by atoms with Crippen molar-refractivity contribution < 1.29 is 4.39 Å². The molecule has 1 N–H and O–H groups in total. The van der Waals surface area contributed by atoms with E-state index in [1.807, 2.05) is 25.1 Å². The molecule has 0 amide bonds. The highest BCUT2D eigenvalue weighted by Gasteiger charge is 2.02. The second kappa shape index (κ2) is 7.07. The van der Waals surface area contributed by atoms with E-state index in [2.05, 4.69) is 5.32 Å². The molecular weight excluding hydrogens is 296 g/mol. The van der Waals surface area contributed by atoms with Gasteiger partial charge in [-0.15, -0.1) is 0 Å². The van der Waals surface area contributed by atoms with Gasteiger partial charge < -0.3 is 5.32 Å². The number of aryl methyl sites for hydroxylation is 1. The Labute approximate surface area is 128 Å². The summed E-state index contributed by atoms with van der Waals surface area (Å²) in [5.41, 5.74) is 3.13. The minimum atomic E-state index is -0.195. The summed E-state index contributed by atoms with van der Waals surface area (Å²) in [6.07, 6.45) is 0.830. The van der Waals surface area contributed by atoms with Gasteiger partial charge in [-0.3, -0.25) is 0 Å². The Morgan fingerprint density at radius 1 is 1.05 bits per heavy atom. The minimum absolute atomic E-state index is 0.195. The molecule has 0 radical (unpaired) electrons. The van der Waals surface area contributed by atoms with Crippen LogP contribution in [-0.4, -0.2) is 6.54 Å². The van der Waals surface area contributed by atoms with Gasteiger partial charge in [-0.25, -0.2) is 4.39 Å². The van der Waals surface area contributed by atoms with Crippen molar-refractivity contribution in [3.63, 3.8) is 0 Å². The van der Waals surface area contributed by atoms with Crippen molar-refractivity contribution in [3.05, 3.63) is 69.0 Å². The van der Waals surface area contributed by atoms with Gasteiger partial charge in [-0.2, -0.15) is 0 Å². The number of benzene rings is 2. The molecule has 0 heterocycles. The molecule has 0 fully saturated rings. The number of hydrogen-bond acceptors (Lipinski definition) is 1. The van der Waals surface area contributed by atoms with Crippen LogP contribution < -0.4 is 5.32 Å². The molecule has 0 saturated carbocycles. The van der Waals surface area contributed by atoms with Gasteiger partial charge in [0.05, 0.1) is 0 Å². The highest BCUT2D eigenvalue weighted by Crippen LogP contribution is 2.21. The molecule has 0 aromatic heterocycles. The lowest BCUT2D eigenvalue weighted by Crippen LogP contribution is -2.17. The zero-order valence-corrected chi connectivity index (χ0v) is 12.7. The lowest BCUT2D eigenvalue weighted by Gasteiger charge is -2.09. The van der Waals surface area contributed by atoms with Crippen LogP contribution in [0.2, 0.25) is 10.0 Å². The van der Waals surface area contributed by atoms with Gasteiger partial charge in [0.2, 0.25) is 0 Å². The quantitative estimate of drug-likeness (QED) is 0.784. The molecule has 0 aliphatic rings. The zero-order chi connectivity index (χ0) is 14.5. The zero-order valence-electron chi connectivity index (χ0n) is 11.2. The van der Waals surface area contributed by atoms with E-state index >= 15 is 0 Å². The number of hydrogen-bond donors (Lipinski definition) is 1. The van der Waals surface area contributed by atoms with Crippen LogP contribution >= 0.6 is 23.2 Å². The maximum atomic E-state index is 13.0. The Bertz CT molecular complexity index is 546. The number of rotatable bonds is 5. The third-order valence-electron chi connectivity index (χ3n) is 3.21. The topological polar surface area (TPSA) is 12.0 Å². The molecule has 2 aromatic rings. The van der Waals surface area contributed by atoms with Crippen molar-refractivity contribution in [2.24, 2.45) is 0 Å². The molecule has 0 aliphatic carbocycles. The van der Waals surface area contributed by atoms with Crippen molar-refractivity contribution in [2.45, 2.75) is 19.9 Å². The molecule has 0 unspecified atom stereocenters. The highest BCUT2D eigenvalue weighted by atomic mass is 35.5. The first kappa shape index (κ1) is 15.3. The van der Waals surface area contributed by atoms with Crippen molar-refractivity contribution >= 4 is 23.2 Å². The second-order valence-corrected chi connectivity index (χ2v) is 5.58. The van der Waals surface area contributed by atoms with Crippen LogP contribution in [0.1, 0.15) is 16.7 Å². The maximum absolute atomic E-state index is 13.0. The SMILES string of the molecule is Cc1cc(F)ccc1CNCCc1ccc(Cl)cc1Cl. The fourth-order valence-corrected chi connectivity index (χ4v) is 2.53. The smallest absolute Gasteiger partial charge is 0.123 e. The van der Waals surface area contributed by atoms with E-state index in [4.69, 9.17) is 23.2 Å². The van der Waals surface area contributed by atoms with Crippen molar-refractivity contribution in [2.75, 3.05) is 6.54 Å². The minimum Gasteiger partial charge on any atom is -0.312 e. The molecule has 0 aliphatic heterocycles. The molecular formula is C16H16Cl2FN. The molecule has 2 rings (SSSR count). The Morgan fingerprint density at radius 2 is 1.80 bits per heavy atom. The first-order valence-corrected chi connectivity index (χ1v) is 7.21. The van der Waals surface area contributed by atoms with Gasteiger partial charge in [0.25, 0.3) is 0 Å². The standard InChI is InChI=1S/C16H16Cl2FN/c1-11-8-15(19)5-3-13(11)10-20-7-6-12-2-4-14(17)9-16(12)18/h2-5,8-9,20H,6-7,10H2,1H3. The molecule has 0 spiro atoms. The van der Waals surface area contributed by atoms with E-state index in [0.717, 1.165) is 36.2 Å². The Kier molecular flexibility index (Phi) is 5.41. The Morgan fingerprint density at radius 3 is 2.50 bits per heavy atom. The fraction of sp³-hybridized carbons (Fsp3) is 0.250. The lowest BCUT2D eigenvalue weighted by molar-refractivity contribution is 0.623. The molecule has 0 bridgehead atoms. The molecule has 106 valence electrons. The first-order valence-electron chi connectivity index (χ1n) is 6.46. The molecule has 2 aromatic carbocycles. The Balaban J connectivity index is 1.84. The van der Waals surface area contributed by atoms with Crippen molar-refractivity contribution in [1.29, 1.82) is 0 Å². The summed E-state index contributed by atoms with van der Waals surface area (Å²) < 4.78 is 13.0. The summed E-state index contributed by atoms with van der Waals surface area (Å²) in [4.78, 5) is 0. The van der Waals surface area contributed by atoms with Crippen LogP contribution in [0.15, 0.2) is 36.4 Å². The van der Waals surface area contributed by atoms with Crippen molar-refractivity contribution in [1.82, 2.24) is 5.32 Å². The first-order chi connectivity index (χ1) is 9.56. The number of halogens is 3. The Hall–Kier alpha value is -1.09. The van der Waals surface area contributed by atoms with Gasteiger partial charge in [0.1, 0.15) is 5.82 Å². The predicted octanol–water partition coefficient (Wildman–Crippen LogP) is 4.77. The van der Waals surface area contributed by atoms with E-state index in [9.17, 15) is 4.39 Å². The summed E-state index contributed by atoms with van der Waals surface area (Å²) >= 11 is 12.0. The molecule has 1 nitrogen and oxygen atoms in total. The fourth-order valence-electron chi connectivity index (χ4n) is 2.03. The van der Waals surface area contributed by atoms with Gasteiger partial charge in [0, 0.05) is 16.6 Å². The summed E-state index contributed by atoms with van der Waals surface area (Å²) in [6, 6.07) is 10.4. The molecule has 20 heavy (non-hydrogen) atoms. The average Bonchev–Trinajstić information content (AvgIpc) is 2.39. The third-order valence-corrected chi connectivity index (χ3v) is 3.79. The molecule has 4 heteroatoms. The highest BCUT2D eigenvalue weighted by molar-refractivity contribution is 6.35. The van der Waals surface area contributed by atoms with Crippen LogP contribution in [0.5, 0.6) is 0 Å². The predicted molar refractivity (Wildman–Crippen MR) is 83.0 cm³/mol. The van der Waals surface area contributed by atoms with Crippen LogP contribution in [0.4, 0.5) is 4.39 Å². The van der Waals surface area contributed by atoms with E-state index in [-0.39, 0.29) is 5.82 Å². The second-order valence-electron chi connectivity index (χ2n) is 4.73. The van der Waals surface area contributed by atoms with E-state index in [1.54, 1.807) is 12.1 Å². The normalized spacial score (nSPS) is 10.8. The van der Waals surface area contributed by atoms with Crippen LogP contribution in [-0.2, 0) is 13.0 Å². The van der Waals surface area contributed by atoms with Gasteiger partial charge in [0.15, 0.2) is 0 Å². The summed E-state index contributed by atoms with van der Waals surface area (Å²) in [5, 5.41) is 4.68. The average molecular weight is 312 g/mol. The third kappa shape index (κ3) is 4.20. The van der Waals surface area contributed by atoms with Crippen LogP contribution in [0.3, 0.4) is 0 Å². The summed E-state index contributed by atoms with van der Waals surface area (Å²) in [5.74, 6) is -0.195. The molecule has 0 atom stereocenters.